The molecule has 0 radical (unpaired) electrons. The second-order valence-electron chi connectivity index (χ2n) is 2.53. The van der Waals surface area contributed by atoms with Crippen molar-refractivity contribution in [2.45, 2.75) is 6.92 Å². The van der Waals surface area contributed by atoms with E-state index in [2.05, 4.69) is 4.98 Å². The highest BCUT2D eigenvalue weighted by Gasteiger charge is 2.08. The van der Waals surface area contributed by atoms with Gasteiger partial charge in [-0.1, -0.05) is 0 Å². The molecule has 0 bridgehead atoms. The molecule has 0 saturated heterocycles. The van der Waals surface area contributed by atoms with E-state index in [9.17, 15) is 4.79 Å². The smallest absolute Gasteiger partial charge is 0.227 e. The molecule has 1 rings (SSSR count). The third-order valence-corrected chi connectivity index (χ3v) is 1.67. The molecule has 0 atom stereocenters. The van der Waals surface area contributed by atoms with Gasteiger partial charge in [-0.25, -0.2) is 0 Å². The molecule has 0 saturated carbocycles. The number of hydrogen-bond acceptors (Lipinski definition) is 4. The van der Waals surface area contributed by atoms with Gasteiger partial charge >= 0.3 is 0 Å². The monoisotopic (exact) mass is 181 g/mol. The Bertz CT molecular complexity index is 323. The average molecular weight is 181 g/mol. The van der Waals surface area contributed by atoms with Crippen molar-refractivity contribution in [2.24, 2.45) is 0 Å². The topological polar surface area (TPSA) is 48.4 Å². The second kappa shape index (κ2) is 3.89. The predicted octanol–water partition coefficient (Wildman–Crippen LogP) is 1.22. The lowest BCUT2D eigenvalue weighted by atomic mass is 10.2. The summed E-state index contributed by atoms with van der Waals surface area (Å²) in [5.41, 5.74) is 1.24. The minimum Gasteiger partial charge on any atom is -0.481 e. The Labute approximate surface area is 76.5 Å². The van der Waals surface area contributed by atoms with E-state index in [1.165, 1.54) is 14.2 Å². The van der Waals surface area contributed by atoms with E-state index < -0.39 is 0 Å². The summed E-state index contributed by atoms with van der Waals surface area (Å²) < 4.78 is 9.89. The van der Waals surface area contributed by atoms with Crippen LogP contribution in [0.3, 0.4) is 0 Å². The van der Waals surface area contributed by atoms with Crippen LogP contribution in [0.15, 0.2) is 6.07 Å². The molecule has 0 amide bonds. The maximum absolute atomic E-state index is 10.6. The standard InChI is InChI=1S/C9H11NO3/c1-6-4-7(5-11)9(13-3)10-8(6)12-2/h4-5H,1-3H3. The Hall–Kier alpha value is -1.58. The van der Waals surface area contributed by atoms with Crippen LogP contribution in [-0.4, -0.2) is 25.5 Å². The van der Waals surface area contributed by atoms with E-state index in [0.717, 1.165) is 5.56 Å². The first kappa shape index (κ1) is 9.51. The number of aryl methyl sites for hydroxylation is 1. The molecule has 13 heavy (non-hydrogen) atoms. The summed E-state index contributed by atoms with van der Waals surface area (Å²) in [5, 5.41) is 0. The molecule has 0 aliphatic heterocycles. The van der Waals surface area contributed by atoms with Gasteiger partial charge in [0.05, 0.1) is 19.8 Å². The zero-order valence-corrected chi connectivity index (χ0v) is 7.83. The van der Waals surface area contributed by atoms with Gasteiger partial charge < -0.3 is 9.47 Å². The van der Waals surface area contributed by atoms with Crippen LogP contribution in [-0.2, 0) is 0 Å². The molecule has 0 N–H and O–H groups in total. The summed E-state index contributed by atoms with van der Waals surface area (Å²) in [7, 11) is 2.99. The van der Waals surface area contributed by atoms with E-state index in [1.54, 1.807) is 6.07 Å². The van der Waals surface area contributed by atoms with Gasteiger partial charge in [0.2, 0.25) is 11.8 Å². The van der Waals surface area contributed by atoms with Gasteiger partial charge in [-0.05, 0) is 13.0 Å². The Kier molecular flexibility index (Phi) is 2.84. The quantitative estimate of drug-likeness (QED) is 0.658. The molecule has 1 aromatic heterocycles. The fourth-order valence-corrected chi connectivity index (χ4v) is 1.06. The van der Waals surface area contributed by atoms with Crippen molar-refractivity contribution in [1.82, 2.24) is 4.98 Å². The molecule has 0 unspecified atom stereocenters. The van der Waals surface area contributed by atoms with E-state index in [-0.39, 0.29) is 5.88 Å². The van der Waals surface area contributed by atoms with E-state index in [0.29, 0.717) is 17.7 Å². The van der Waals surface area contributed by atoms with Gasteiger partial charge in [-0.15, -0.1) is 0 Å². The number of methoxy groups -OCH3 is 2. The molecule has 0 aliphatic rings. The average Bonchev–Trinajstić information content (AvgIpc) is 2.17. The lowest BCUT2D eigenvalue weighted by Crippen LogP contribution is -1.98. The highest BCUT2D eigenvalue weighted by molar-refractivity contribution is 5.78. The molecule has 70 valence electrons. The fourth-order valence-electron chi connectivity index (χ4n) is 1.06. The largest absolute Gasteiger partial charge is 0.481 e. The SMILES string of the molecule is COc1nc(OC)c(C=O)cc1C. The van der Waals surface area contributed by atoms with Gasteiger partial charge in [0, 0.05) is 5.56 Å². The van der Waals surface area contributed by atoms with Crippen LogP contribution in [0.2, 0.25) is 0 Å². The summed E-state index contributed by atoms with van der Waals surface area (Å²) >= 11 is 0. The molecule has 0 aliphatic carbocycles. The number of ether oxygens (including phenoxy) is 2. The molecule has 1 heterocycles. The molecule has 0 spiro atoms. The zero-order chi connectivity index (χ0) is 9.84. The molecule has 4 heteroatoms. The van der Waals surface area contributed by atoms with Crippen molar-refractivity contribution in [3.63, 3.8) is 0 Å². The number of aromatic nitrogens is 1. The summed E-state index contributed by atoms with van der Waals surface area (Å²) in [6.07, 6.45) is 0.707. The minimum atomic E-state index is 0.289. The van der Waals surface area contributed by atoms with Crippen molar-refractivity contribution < 1.29 is 14.3 Å². The highest BCUT2D eigenvalue weighted by Crippen LogP contribution is 2.22. The van der Waals surface area contributed by atoms with Crippen LogP contribution in [0.4, 0.5) is 0 Å². The van der Waals surface area contributed by atoms with Crippen molar-refractivity contribution >= 4 is 6.29 Å². The Morgan fingerprint density at radius 3 is 2.38 bits per heavy atom. The molecule has 0 fully saturated rings. The van der Waals surface area contributed by atoms with Crippen LogP contribution in [0.5, 0.6) is 11.8 Å². The normalized spacial score (nSPS) is 9.46. The van der Waals surface area contributed by atoms with Crippen LogP contribution in [0.1, 0.15) is 15.9 Å². The molecular formula is C9H11NO3. The van der Waals surface area contributed by atoms with Crippen molar-refractivity contribution in [3.05, 3.63) is 17.2 Å². The summed E-state index contributed by atoms with van der Waals surface area (Å²) in [5.74, 6) is 0.764. The molecule has 1 aromatic rings. The van der Waals surface area contributed by atoms with Gasteiger partial charge in [0.25, 0.3) is 0 Å². The third-order valence-electron chi connectivity index (χ3n) is 1.67. The molecule has 0 aromatic carbocycles. The number of hydrogen-bond donors (Lipinski definition) is 0. The lowest BCUT2D eigenvalue weighted by Gasteiger charge is -2.07. The number of pyridine rings is 1. The van der Waals surface area contributed by atoms with E-state index in [1.807, 2.05) is 6.92 Å². The Morgan fingerprint density at radius 2 is 1.92 bits per heavy atom. The van der Waals surface area contributed by atoms with Crippen LogP contribution in [0, 0.1) is 6.92 Å². The second-order valence-corrected chi connectivity index (χ2v) is 2.53. The highest BCUT2D eigenvalue weighted by atomic mass is 16.5. The number of nitrogens with zero attached hydrogens (tertiary/aromatic N) is 1. The van der Waals surface area contributed by atoms with E-state index in [4.69, 9.17) is 9.47 Å². The first-order chi connectivity index (χ1) is 6.22. The molecular weight excluding hydrogens is 170 g/mol. The number of carbonyl (C=O) groups is 1. The Balaban J connectivity index is 3.26. The summed E-state index contributed by atoms with van der Waals surface area (Å²) in [6.45, 7) is 1.82. The first-order valence-electron chi connectivity index (χ1n) is 3.77. The molecule has 4 nitrogen and oxygen atoms in total. The van der Waals surface area contributed by atoms with Crippen LogP contribution >= 0.6 is 0 Å². The maximum Gasteiger partial charge on any atom is 0.227 e. The fraction of sp³-hybridized carbons (Fsp3) is 0.333. The first-order valence-corrected chi connectivity index (χ1v) is 3.77. The summed E-state index contributed by atoms with van der Waals surface area (Å²) in [6, 6.07) is 1.68. The Morgan fingerprint density at radius 1 is 1.31 bits per heavy atom. The predicted molar refractivity (Wildman–Crippen MR) is 47.5 cm³/mol. The number of aldehydes is 1. The van der Waals surface area contributed by atoms with Crippen molar-refractivity contribution in [3.8, 4) is 11.8 Å². The number of rotatable bonds is 3. The van der Waals surface area contributed by atoms with Gasteiger partial charge in [-0.3, -0.25) is 4.79 Å². The summed E-state index contributed by atoms with van der Waals surface area (Å²) in [4.78, 5) is 14.6. The van der Waals surface area contributed by atoms with Gasteiger partial charge in [0.1, 0.15) is 0 Å². The third kappa shape index (κ3) is 1.77. The van der Waals surface area contributed by atoms with Gasteiger partial charge in [-0.2, -0.15) is 4.98 Å². The van der Waals surface area contributed by atoms with Gasteiger partial charge in [0.15, 0.2) is 6.29 Å². The zero-order valence-electron chi connectivity index (χ0n) is 7.83. The van der Waals surface area contributed by atoms with Crippen LogP contribution < -0.4 is 9.47 Å². The number of carbonyl (C=O) groups excluding carboxylic acids is 1. The van der Waals surface area contributed by atoms with Crippen LogP contribution in [0.25, 0.3) is 0 Å². The van der Waals surface area contributed by atoms with E-state index >= 15 is 0 Å². The van der Waals surface area contributed by atoms with Crippen molar-refractivity contribution in [1.29, 1.82) is 0 Å². The minimum absolute atomic E-state index is 0.289. The van der Waals surface area contributed by atoms with Crippen molar-refractivity contribution in [2.75, 3.05) is 14.2 Å². The maximum atomic E-state index is 10.6. The lowest BCUT2D eigenvalue weighted by molar-refractivity contribution is 0.111.